The van der Waals surface area contributed by atoms with E-state index in [1.807, 2.05) is 12.1 Å². The van der Waals surface area contributed by atoms with Gasteiger partial charge in [0.2, 0.25) is 15.9 Å². The molecule has 0 aromatic heterocycles. The van der Waals surface area contributed by atoms with E-state index < -0.39 is 22.0 Å². The van der Waals surface area contributed by atoms with Gasteiger partial charge in [-0.1, -0.05) is 30.7 Å². The van der Waals surface area contributed by atoms with E-state index in [1.165, 1.54) is 39.0 Å². The Kier molecular flexibility index (Phi) is 8.79. The van der Waals surface area contributed by atoms with Crippen molar-refractivity contribution in [2.24, 2.45) is 0 Å². The molecule has 34 heavy (non-hydrogen) atoms. The molecule has 1 amide bonds. The summed E-state index contributed by atoms with van der Waals surface area (Å²) in [6.45, 7) is 5.11. The van der Waals surface area contributed by atoms with Gasteiger partial charge < -0.3 is 14.8 Å². The van der Waals surface area contributed by atoms with E-state index in [9.17, 15) is 13.2 Å². The summed E-state index contributed by atoms with van der Waals surface area (Å²) in [5.41, 5.74) is 2.53. The van der Waals surface area contributed by atoms with E-state index in [-0.39, 0.29) is 0 Å². The number of carbonyl (C=O) groups excluding carboxylic acids is 1. The maximum absolute atomic E-state index is 12.9. The molecule has 8 nitrogen and oxygen atoms in total. The summed E-state index contributed by atoms with van der Waals surface area (Å²) in [6, 6.07) is 12.0. The number of nitrogens with one attached hydrogen (secondary N) is 1. The van der Waals surface area contributed by atoms with Crippen molar-refractivity contribution in [3.05, 3.63) is 53.6 Å². The van der Waals surface area contributed by atoms with Gasteiger partial charge in [0, 0.05) is 19.2 Å². The third-order valence-corrected chi connectivity index (χ3v) is 7.30. The topological polar surface area (TPSA) is 88.2 Å². The van der Waals surface area contributed by atoms with Crippen LogP contribution in [-0.4, -0.2) is 58.8 Å². The minimum atomic E-state index is -3.74. The molecule has 9 heteroatoms. The number of piperidine rings is 1. The molecule has 1 saturated heterocycles. The minimum absolute atomic E-state index is 0.316. The third-order valence-electron chi connectivity index (χ3n) is 6.05. The molecule has 1 atom stereocenters. The summed E-state index contributed by atoms with van der Waals surface area (Å²) in [5.74, 6) is 0.462. The lowest BCUT2D eigenvalue weighted by atomic mass is 10.1. The number of amides is 1. The predicted molar refractivity (Wildman–Crippen MR) is 134 cm³/mol. The average Bonchev–Trinajstić information content (AvgIpc) is 2.83. The molecule has 1 fully saturated rings. The molecule has 1 unspecified atom stereocenters. The zero-order valence-corrected chi connectivity index (χ0v) is 21.2. The van der Waals surface area contributed by atoms with Crippen LogP contribution in [0.15, 0.2) is 42.5 Å². The molecular formula is C25H35N3O5S. The van der Waals surface area contributed by atoms with Crippen molar-refractivity contribution in [1.82, 2.24) is 10.2 Å². The van der Waals surface area contributed by atoms with Crippen LogP contribution in [0.25, 0.3) is 0 Å². The molecule has 186 valence electrons. The highest BCUT2D eigenvalue weighted by Gasteiger charge is 2.29. The van der Waals surface area contributed by atoms with Crippen LogP contribution in [0.1, 0.15) is 37.3 Å². The number of nitrogens with zero attached hydrogens (tertiary/aromatic N) is 2. The number of benzene rings is 2. The van der Waals surface area contributed by atoms with E-state index in [1.54, 1.807) is 25.1 Å². The number of likely N-dealkylation sites (tertiary alicyclic amines) is 1. The van der Waals surface area contributed by atoms with E-state index in [0.29, 0.717) is 23.7 Å². The van der Waals surface area contributed by atoms with Gasteiger partial charge in [-0.15, -0.1) is 0 Å². The summed E-state index contributed by atoms with van der Waals surface area (Å²) in [6.07, 6.45) is 4.91. The molecule has 0 spiro atoms. The largest absolute Gasteiger partial charge is 0.493 e. The summed E-state index contributed by atoms with van der Waals surface area (Å²) >= 11 is 0. The molecule has 0 saturated carbocycles. The fourth-order valence-electron chi connectivity index (χ4n) is 4.25. The first-order chi connectivity index (χ1) is 16.2. The highest BCUT2D eigenvalue weighted by Crippen LogP contribution is 2.33. The molecule has 2 aromatic rings. The quantitative estimate of drug-likeness (QED) is 0.552. The normalized spacial score (nSPS) is 15.4. The number of carbonyl (C=O) groups is 1. The first-order valence-corrected chi connectivity index (χ1v) is 13.4. The van der Waals surface area contributed by atoms with Crippen molar-refractivity contribution in [2.45, 2.75) is 45.3 Å². The highest BCUT2D eigenvalue weighted by molar-refractivity contribution is 7.92. The third kappa shape index (κ3) is 6.64. The van der Waals surface area contributed by atoms with Crippen LogP contribution in [0.4, 0.5) is 5.69 Å². The Hall–Kier alpha value is -2.78. The summed E-state index contributed by atoms with van der Waals surface area (Å²) in [5, 5.41) is 2.86. The zero-order chi connectivity index (χ0) is 24.7. The minimum Gasteiger partial charge on any atom is -0.493 e. The van der Waals surface area contributed by atoms with E-state index in [0.717, 1.165) is 35.8 Å². The molecule has 0 bridgehead atoms. The number of hydrogen-bond donors (Lipinski definition) is 1. The lowest BCUT2D eigenvalue weighted by molar-refractivity contribution is -0.122. The Morgan fingerprint density at radius 1 is 1.00 bits per heavy atom. The lowest BCUT2D eigenvalue weighted by Gasteiger charge is -2.28. The van der Waals surface area contributed by atoms with Crippen molar-refractivity contribution in [1.29, 1.82) is 0 Å². The Morgan fingerprint density at radius 2 is 1.62 bits per heavy atom. The summed E-state index contributed by atoms with van der Waals surface area (Å²) in [7, 11) is -0.763. The SMILES string of the molecule is COc1ccc(N(C(C)C(=O)NCc2ccc(CN3CCCCC3)cc2)S(C)(=O)=O)cc1OC. The van der Waals surface area contributed by atoms with Crippen molar-refractivity contribution < 1.29 is 22.7 Å². The second kappa shape index (κ2) is 11.6. The van der Waals surface area contributed by atoms with E-state index >= 15 is 0 Å². The van der Waals surface area contributed by atoms with Crippen LogP contribution < -0.4 is 19.1 Å². The molecule has 3 rings (SSSR count). The van der Waals surface area contributed by atoms with Crippen LogP contribution in [0.3, 0.4) is 0 Å². The lowest BCUT2D eigenvalue weighted by Crippen LogP contribution is -2.47. The average molecular weight is 490 g/mol. The Bertz CT molecular complexity index is 1070. The molecule has 1 aliphatic rings. The van der Waals surface area contributed by atoms with E-state index in [2.05, 4.69) is 22.3 Å². The van der Waals surface area contributed by atoms with Gasteiger partial charge in [0.1, 0.15) is 6.04 Å². The van der Waals surface area contributed by atoms with Crippen LogP contribution in [0, 0.1) is 0 Å². The van der Waals surface area contributed by atoms with Gasteiger partial charge in [-0.25, -0.2) is 8.42 Å². The standard InChI is InChI=1S/C25H35N3O5S/c1-19(28(34(4,30)31)22-12-13-23(32-2)24(16-22)33-3)25(29)26-17-20-8-10-21(11-9-20)18-27-14-6-5-7-15-27/h8-13,16,19H,5-7,14-15,17-18H2,1-4H3,(H,26,29). The van der Waals surface area contributed by atoms with Crippen LogP contribution >= 0.6 is 0 Å². The second-order valence-electron chi connectivity index (χ2n) is 8.65. The van der Waals surface area contributed by atoms with Crippen molar-refractivity contribution in [3.63, 3.8) is 0 Å². The molecule has 0 aliphatic carbocycles. The van der Waals surface area contributed by atoms with Crippen molar-refractivity contribution in [3.8, 4) is 11.5 Å². The first kappa shape index (κ1) is 25.8. The first-order valence-electron chi connectivity index (χ1n) is 11.5. The van der Waals surface area contributed by atoms with Gasteiger partial charge in [0.05, 0.1) is 26.2 Å². The van der Waals surface area contributed by atoms with Gasteiger partial charge in [-0.2, -0.15) is 0 Å². The maximum atomic E-state index is 12.9. The molecule has 0 radical (unpaired) electrons. The van der Waals surface area contributed by atoms with Crippen LogP contribution in [0.2, 0.25) is 0 Å². The van der Waals surface area contributed by atoms with Crippen LogP contribution in [-0.2, 0) is 27.9 Å². The van der Waals surface area contributed by atoms with Gasteiger partial charge >= 0.3 is 0 Å². The summed E-state index contributed by atoms with van der Waals surface area (Å²) in [4.78, 5) is 15.4. The number of sulfonamides is 1. The molecule has 1 aliphatic heterocycles. The smallest absolute Gasteiger partial charge is 0.243 e. The summed E-state index contributed by atoms with van der Waals surface area (Å²) < 4.78 is 36.8. The monoisotopic (exact) mass is 489 g/mol. The number of rotatable bonds is 10. The molecule has 1 N–H and O–H groups in total. The zero-order valence-electron chi connectivity index (χ0n) is 20.4. The second-order valence-corrected chi connectivity index (χ2v) is 10.5. The van der Waals surface area contributed by atoms with Crippen LogP contribution in [0.5, 0.6) is 11.5 Å². The molecule has 1 heterocycles. The number of hydrogen-bond acceptors (Lipinski definition) is 6. The fourth-order valence-corrected chi connectivity index (χ4v) is 5.41. The highest BCUT2D eigenvalue weighted by atomic mass is 32.2. The number of ether oxygens (including phenoxy) is 2. The Balaban J connectivity index is 1.65. The van der Waals surface area contributed by atoms with Gasteiger partial charge in [-0.3, -0.25) is 14.0 Å². The van der Waals surface area contributed by atoms with E-state index in [4.69, 9.17) is 9.47 Å². The van der Waals surface area contributed by atoms with Gasteiger partial charge in [-0.05, 0) is 56.1 Å². The Morgan fingerprint density at radius 3 is 2.21 bits per heavy atom. The molecule has 2 aromatic carbocycles. The maximum Gasteiger partial charge on any atom is 0.243 e. The predicted octanol–water partition coefficient (Wildman–Crippen LogP) is 3.16. The van der Waals surface area contributed by atoms with Crippen molar-refractivity contribution >= 4 is 21.6 Å². The Labute approximate surface area is 202 Å². The number of anilines is 1. The van der Waals surface area contributed by atoms with Gasteiger partial charge in [0.15, 0.2) is 11.5 Å². The molecular weight excluding hydrogens is 454 g/mol. The van der Waals surface area contributed by atoms with Gasteiger partial charge in [0.25, 0.3) is 0 Å². The fraction of sp³-hybridized carbons (Fsp3) is 0.480. The number of methoxy groups -OCH3 is 2. The van der Waals surface area contributed by atoms with Crippen molar-refractivity contribution in [2.75, 3.05) is 37.9 Å².